The van der Waals surface area contributed by atoms with E-state index in [4.69, 9.17) is 4.74 Å². The molecule has 0 bridgehead atoms. The summed E-state index contributed by atoms with van der Waals surface area (Å²) in [7, 11) is 1.49. The summed E-state index contributed by atoms with van der Waals surface area (Å²) in [4.78, 5) is 12.1. The predicted molar refractivity (Wildman–Crippen MR) is 71.1 cm³/mol. The van der Waals surface area contributed by atoms with Gasteiger partial charge in [-0.15, -0.1) is 0 Å². The van der Waals surface area contributed by atoms with E-state index in [-0.39, 0.29) is 5.69 Å². The smallest absolute Gasteiger partial charge is 0.321 e. The molecule has 0 fully saturated rings. The standard InChI is InChI=1S/C14H14N2O3/c1-10-8-12(19-2)9-13(16(10)18)14(17)15-11-6-4-3-5-7-11/h3-9H,1-2H3,(H,15,17). The molecule has 0 aliphatic rings. The number of nitrogens with one attached hydrogen (secondary N) is 1. The van der Waals surface area contributed by atoms with Gasteiger partial charge in [0.1, 0.15) is 5.75 Å². The molecule has 0 aliphatic heterocycles. The second kappa shape index (κ2) is 5.39. The Morgan fingerprint density at radius 3 is 2.58 bits per heavy atom. The van der Waals surface area contributed by atoms with Gasteiger partial charge in [0.05, 0.1) is 13.2 Å². The second-order valence-corrected chi connectivity index (χ2v) is 4.04. The Bertz CT molecular complexity index is 597. The fourth-order valence-corrected chi connectivity index (χ4v) is 1.68. The lowest BCUT2D eigenvalue weighted by Crippen LogP contribution is -2.39. The number of para-hydroxylation sites is 1. The predicted octanol–water partition coefficient (Wildman–Crippen LogP) is 1.89. The maximum Gasteiger partial charge on any atom is 0.321 e. The summed E-state index contributed by atoms with van der Waals surface area (Å²) >= 11 is 0. The van der Waals surface area contributed by atoms with E-state index in [1.807, 2.05) is 6.07 Å². The third-order valence-electron chi connectivity index (χ3n) is 2.67. The summed E-state index contributed by atoms with van der Waals surface area (Å²) in [6, 6.07) is 11.9. The molecule has 19 heavy (non-hydrogen) atoms. The van der Waals surface area contributed by atoms with Crippen molar-refractivity contribution in [1.29, 1.82) is 0 Å². The van der Waals surface area contributed by atoms with Crippen LogP contribution in [0.1, 0.15) is 16.2 Å². The van der Waals surface area contributed by atoms with Crippen molar-refractivity contribution < 1.29 is 14.3 Å². The molecule has 0 saturated carbocycles. The minimum Gasteiger partial charge on any atom is -0.618 e. The van der Waals surface area contributed by atoms with Gasteiger partial charge >= 0.3 is 5.91 Å². The number of aromatic nitrogens is 1. The first-order chi connectivity index (χ1) is 9.11. The minimum atomic E-state index is -0.469. The average molecular weight is 258 g/mol. The van der Waals surface area contributed by atoms with Crippen LogP contribution in [0.25, 0.3) is 0 Å². The van der Waals surface area contributed by atoms with E-state index in [1.54, 1.807) is 37.3 Å². The van der Waals surface area contributed by atoms with E-state index >= 15 is 0 Å². The molecule has 1 heterocycles. The van der Waals surface area contributed by atoms with Crippen LogP contribution in [0.4, 0.5) is 5.69 Å². The zero-order valence-electron chi connectivity index (χ0n) is 10.7. The second-order valence-electron chi connectivity index (χ2n) is 4.04. The molecule has 0 spiro atoms. The molecule has 1 N–H and O–H groups in total. The van der Waals surface area contributed by atoms with E-state index in [0.29, 0.717) is 21.9 Å². The molecule has 1 aromatic heterocycles. The number of amides is 1. The van der Waals surface area contributed by atoms with Crippen LogP contribution in [0.5, 0.6) is 5.75 Å². The Balaban J connectivity index is 2.31. The first-order valence-corrected chi connectivity index (χ1v) is 5.76. The molecule has 0 aliphatic carbocycles. The van der Waals surface area contributed by atoms with Crippen molar-refractivity contribution in [2.45, 2.75) is 6.92 Å². The van der Waals surface area contributed by atoms with Gasteiger partial charge in [-0.3, -0.25) is 4.79 Å². The van der Waals surface area contributed by atoms with Crippen molar-refractivity contribution in [3.8, 4) is 5.75 Å². The van der Waals surface area contributed by atoms with Crippen molar-refractivity contribution >= 4 is 11.6 Å². The van der Waals surface area contributed by atoms with Crippen LogP contribution in [0, 0.1) is 12.1 Å². The van der Waals surface area contributed by atoms with E-state index in [1.165, 1.54) is 13.2 Å². The van der Waals surface area contributed by atoms with Crippen LogP contribution in [0.3, 0.4) is 0 Å². The van der Waals surface area contributed by atoms with Gasteiger partial charge in [0.2, 0.25) is 0 Å². The highest BCUT2D eigenvalue weighted by Crippen LogP contribution is 2.13. The number of rotatable bonds is 3. The van der Waals surface area contributed by atoms with E-state index < -0.39 is 5.91 Å². The molecule has 5 nitrogen and oxygen atoms in total. The lowest BCUT2D eigenvalue weighted by molar-refractivity contribution is -0.614. The summed E-state index contributed by atoms with van der Waals surface area (Å²) in [6.45, 7) is 1.62. The molecule has 5 heteroatoms. The minimum absolute atomic E-state index is 0.000651. The normalized spacial score (nSPS) is 10.0. The molecular formula is C14H14N2O3. The fraction of sp³-hybridized carbons (Fsp3) is 0.143. The zero-order valence-corrected chi connectivity index (χ0v) is 10.7. The van der Waals surface area contributed by atoms with Crippen LogP contribution in [0.15, 0.2) is 42.5 Å². The summed E-state index contributed by atoms with van der Waals surface area (Å²) < 4.78 is 5.64. The number of anilines is 1. The summed E-state index contributed by atoms with van der Waals surface area (Å²) in [5.41, 5.74) is 1.03. The third-order valence-corrected chi connectivity index (χ3v) is 2.67. The van der Waals surface area contributed by atoms with Gasteiger partial charge < -0.3 is 15.3 Å². The monoisotopic (exact) mass is 258 g/mol. The number of benzene rings is 1. The highest BCUT2D eigenvalue weighted by Gasteiger charge is 2.19. The number of methoxy groups -OCH3 is 1. The van der Waals surface area contributed by atoms with Crippen molar-refractivity contribution in [2.75, 3.05) is 12.4 Å². The van der Waals surface area contributed by atoms with Crippen LogP contribution in [-0.4, -0.2) is 13.0 Å². The Hall–Kier alpha value is -2.56. The topological polar surface area (TPSA) is 65.3 Å². The number of hydrogen-bond donors (Lipinski definition) is 1. The van der Waals surface area contributed by atoms with Crippen molar-refractivity contribution in [3.63, 3.8) is 0 Å². The highest BCUT2D eigenvalue weighted by molar-refractivity contribution is 6.02. The maximum absolute atomic E-state index is 12.1. The number of hydrogen-bond acceptors (Lipinski definition) is 3. The first-order valence-electron chi connectivity index (χ1n) is 5.76. The Labute approximate surface area is 111 Å². The molecule has 0 atom stereocenters. The first kappa shape index (κ1) is 12.9. The number of nitrogens with zero attached hydrogens (tertiary/aromatic N) is 1. The van der Waals surface area contributed by atoms with Crippen LogP contribution in [-0.2, 0) is 0 Å². The van der Waals surface area contributed by atoms with Crippen molar-refractivity contribution in [2.24, 2.45) is 0 Å². The van der Waals surface area contributed by atoms with Gasteiger partial charge in [0.15, 0.2) is 5.69 Å². The highest BCUT2D eigenvalue weighted by atomic mass is 16.5. The van der Waals surface area contributed by atoms with E-state index in [2.05, 4.69) is 5.32 Å². The van der Waals surface area contributed by atoms with Gasteiger partial charge in [0, 0.05) is 18.7 Å². The quantitative estimate of drug-likeness (QED) is 0.675. The summed E-state index contributed by atoms with van der Waals surface area (Å²) in [5.74, 6) is 0.00557. The number of ether oxygens (including phenoxy) is 1. The average Bonchev–Trinajstić information content (AvgIpc) is 2.42. The Morgan fingerprint density at radius 1 is 1.26 bits per heavy atom. The summed E-state index contributed by atoms with van der Waals surface area (Å²) in [5, 5.41) is 14.5. The molecule has 2 rings (SSSR count). The van der Waals surface area contributed by atoms with Crippen LogP contribution < -0.4 is 14.8 Å². The molecule has 98 valence electrons. The van der Waals surface area contributed by atoms with Crippen LogP contribution in [0.2, 0.25) is 0 Å². The molecule has 0 radical (unpaired) electrons. The molecule has 1 aromatic carbocycles. The molecule has 0 unspecified atom stereocenters. The number of carbonyl (C=O) groups excluding carboxylic acids is 1. The van der Waals surface area contributed by atoms with Gasteiger partial charge in [-0.25, -0.2) is 0 Å². The van der Waals surface area contributed by atoms with E-state index in [9.17, 15) is 10.0 Å². The number of pyridine rings is 1. The molecule has 2 aromatic rings. The lowest BCUT2D eigenvalue weighted by Gasteiger charge is -2.09. The lowest BCUT2D eigenvalue weighted by atomic mass is 10.2. The Morgan fingerprint density at radius 2 is 1.95 bits per heavy atom. The third kappa shape index (κ3) is 2.82. The largest absolute Gasteiger partial charge is 0.618 e. The Kier molecular flexibility index (Phi) is 3.66. The van der Waals surface area contributed by atoms with Gasteiger partial charge in [0.25, 0.3) is 5.69 Å². The van der Waals surface area contributed by atoms with E-state index in [0.717, 1.165) is 0 Å². The van der Waals surface area contributed by atoms with Crippen molar-refractivity contribution in [1.82, 2.24) is 0 Å². The van der Waals surface area contributed by atoms with Gasteiger partial charge in [-0.2, -0.15) is 4.73 Å². The number of aryl methyl sites for hydroxylation is 1. The zero-order chi connectivity index (χ0) is 13.8. The maximum atomic E-state index is 12.1. The van der Waals surface area contributed by atoms with Crippen LogP contribution >= 0.6 is 0 Å². The SMILES string of the molecule is COc1cc(C)[n+]([O-])c(C(=O)Nc2ccccc2)c1. The van der Waals surface area contributed by atoms with Gasteiger partial charge in [-0.1, -0.05) is 18.2 Å². The van der Waals surface area contributed by atoms with Gasteiger partial charge in [-0.05, 0) is 12.1 Å². The summed E-state index contributed by atoms with van der Waals surface area (Å²) in [6.07, 6.45) is 0. The number of carbonyl (C=O) groups is 1. The molecule has 0 saturated heterocycles. The van der Waals surface area contributed by atoms with Crippen molar-refractivity contribution in [3.05, 3.63) is 59.1 Å². The molecular weight excluding hydrogens is 244 g/mol. The fourth-order valence-electron chi connectivity index (χ4n) is 1.68. The molecule has 1 amide bonds.